The molecule has 29 heavy (non-hydrogen) atoms. The van der Waals surface area contributed by atoms with E-state index in [4.69, 9.17) is 5.73 Å². The summed E-state index contributed by atoms with van der Waals surface area (Å²) in [6, 6.07) is 17.0. The number of amides is 1. The van der Waals surface area contributed by atoms with Crippen LogP contribution in [0.3, 0.4) is 0 Å². The third kappa shape index (κ3) is 5.33. The number of rotatable bonds is 6. The topological polar surface area (TPSA) is 72.2 Å². The Kier molecular flexibility index (Phi) is 6.18. The summed E-state index contributed by atoms with van der Waals surface area (Å²) in [7, 11) is 0. The first kappa shape index (κ1) is 20.8. The standard InChI is InChI=1S/C24H26N2O2S/c1-24(2,3)22(27)13-8-16-6-9-17(10-7-16)23(28)26-20-15-18(11-12-19(20)25)21-5-4-14-29-21/h4-7,9-12,14-15H,8,13,25H2,1-3H3,(H,26,28). The molecule has 0 atom stereocenters. The van der Waals surface area contributed by atoms with Gasteiger partial charge in [-0.2, -0.15) is 0 Å². The van der Waals surface area contributed by atoms with Crippen LogP contribution in [0.1, 0.15) is 43.1 Å². The molecule has 3 rings (SSSR count). The summed E-state index contributed by atoms with van der Waals surface area (Å²) >= 11 is 1.64. The van der Waals surface area contributed by atoms with Gasteiger partial charge in [0.15, 0.2) is 0 Å². The second-order valence-corrected chi connectivity index (χ2v) is 9.05. The molecule has 0 unspecified atom stereocenters. The van der Waals surface area contributed by atoms with E-state index in [0.29, 0.717) is 29.8 Å². The zero-order valence-electron chi connectivity index (χ0n) is 17.0. The summed E-state index contributed by atoms with van der Waals surface area (Å²) in [5, 5.41) is 4.92. The summed E-state index contributed by atoms with van der Waals surface area (Å²) in [6.07, 6.45) is 1.18. The van der Waals surface area contributed by atoms with Crippen molar-refractivity contribution in [2.45, 2.75) is 33.6 Å². The Hall–Kier alpha value is -2.92. The first-order chi connectivity index (χ1) is 13.7. The zero-order valence-corrected chi connectivity index (χ0v) is 17.8. The molecular formula is C24H26N2O2S. The van der Waals surface area contributed by atoms with Crippen molar-refractivity contribution in [1.29, 1.82) is 0 Å². The first-order valence-electron chi connectivity index (χ1n) is 9.61. The van der Waals surface area contributed by atoms with Crippen molar-refractivity contribution >= 4 is 34.4 Å². The number of Topliss-reactive ketones (excluding diaryl/α,β-unsaturated/α-hetero) is 1. The van der Waals surface area contributed by atoms with Gasteiger partial charge >= 0.3 is 0 Å². The van der Waals surface area contributed by atoms with Gasteiger partial charge < -0.3 is 11.1 Å². The van der Waals surface area contributed by atoms with Crippen molar-refractivity contribution in [1.82, 2.24) is 0 Å². The van der Waals surface area contributed by atoms with Crippen LogP contribution in [0, 0.1) is 5.41 Å². The highest BCUT2D eigenvalue weighted by Crippen LogP contribution is 2.30. The second kappa shape index (κ2) is 8.62. The van der Waals surface area contributed by atoms with Crippen molar-refractivity contribution in [3.05, 3.63) is 71.1 Å². The fraction of sp³-hybridized carbons (Fsp3) is 0.250. The number of thiophene rings is 1. The molecule has 0 fully saturated rings. The van der Waals surface area contributed by atoms with E-state index >= 15 is 0 Å². The van der Waals surface area contributed by atoms with Gasteiger partial charge in [-0.1, -0.05) is 45.0 Å². The molecule has 2 aromatic carbocycles. The SMILES string of the molecule is CC(C)(C)C(=O)CCc1ccc(C(=O)Nc2cc(-c3cccs3)ccc2N)cc1. The molecule has 3 N–H and O–H groups in total. The molecule has 0 spiro atoms. The van der Waals surface area contributed by atoms with E-state index in [1.54, 1.807) is 29.5 Å². The number of hydrogen-bond acceptors (Lipinski definition) is 4. The maximum Gasteiger partial charge on any atom is 0.255 e. The summed E-state index contributed by atoms with van der Waals surface area (Å²) in [5.41, 5.74) is 9.46. The predicted molar refractivity (Wildman–Crippen MR) is 121 cm³/mol. The Balaban J connectivity index is 1.67. The third-order valence-electron chi connectivity index (χ3n) is 4.80. The molecule has 0 aliphatic heterocycles. The molecule has 0 radical (unpaired) electrons. The van der Waals surface area contributed by atoms with Gasteiger partial charge in [-0.3, -0.25) is 9.59 Å². The van der Waals surface area contributed by atoms with Gasteiger partial charge in [-0.25, -0.2) is 0 Å². The number of nitrogens with one attached hydrogen (secondary N) is 1. The minimum Gasteiger partial charge on any atom is -0.397 e. The number of aryl methyl sites for hydroxylation is 1. The molecule has 0 aliphatic rings. The highest BCUT2D eigenvalue weighted by molar-refractivity contribution is 7.13. The van der Waals surface area contributed by atoms with E-state index in [1.807, 2.05) is 62.5 Å². The molecule has 0 bridgehead atoms. The number of ketones is 1. The van der Waals surface area contributed by atoms with Gasteiger partial charge in [0.2, 0.25) is 0 Å². The van der Waals surface area contributed by atoms with Gasteiger partial charge in [0.05, 0.1) is 11.4 Å². The highest BCUT2D eigenvalue weighted by atomic mass is 32.1. The monoisotopic (exact) mass is 406 g/mol. The van der Waals surface area contributed by atoms with Crippen molar-refractivity contribution in [2.75, 3.05) is 11.1 Å². The number of carbonyl (C=O) groups excluding carboxylic acids is 2. The van der Waals surface area contributed by atoms with Crippen LogP contribution in [0.15, 0.2) is 60.0 Å². The number of nitrogen functional groups attached to an aromatic ring is 1. The van der Waals surface area contributed by atoms with Crippen molar-refractivity contribution in [3.8, 4) is 10.4 Å². The maximum absolute atomic E-state index is 12.7. The van der Waals surface area contributed by atoms with E-state index in [0.717, 1.165) is 16.0 Å². The number of nitrogens with two attached hydrogens (primary N) is 1. The molecular weight excluding hydrogens is 380 g/mol. The van der Waals surface area contributed by atoms with Gasteiger partial charge in [0.1, 0.15) is 5.78 Å². The van der Waals surface area contributed by atoms with Gasteiger partial charge in [0.25, 0.3) is 5.91 Å². The Morgan fingerprint density at radius 1 is 1.03 bits per heavy atom. The molecule has 4 nitrogen and oxygen atoms in total. The van der Waals surface area contributed by atoms with Crippen molar-refractivity contribution in [3.63, 3.8) is 0 Å². The van der Waals surface area contributed by atoms with Gasteiger partial charge in [0, 0.05) is 22.3 Å². The molecule has 1 amide bonds. The van der Waals surface area contributed by atoms with E-state index < -0.39 is 0 Å². The van der Waals surface area contributed by atoms with E-state index in [-0.39, 0.29) is 17.1 Å². The van der Waals surface area contributed by atoms with Crippen LogP contribution in [0.5, 0.6) is 0 Å². The Morgan fingerprint density at radius 3 is 2.38 bits per heavy atom. The average Bonchev–Trinajstić information content (AvgIpc) is 3.22. The second-order valence-electron chi connectivity index (χ2n) is 8.10. The van der Waals surface area contributed by atoms with E-state index in [9.17, 15) is 9.59 Å². The predicted octanol–water partition coefficient (Wildman–Crippen LogP) is 5.80. The van der Waals surface area contributed by atoms with Crippen LogP contribution in [0.2, 0.25) is 0 Å². The number of carbonyl (C=O) groups is 2. The molecule has 150 valence electrons. The molecule has 0 saturated carbocycles. The molecule has 0 saturated heterocycles. The lowest BCUT2D eigenvalue weighted by Gasteiger charge is -2.16. The van der Waals surface area contributed by atoms with E-state index in [1.165, 1.54) is 0 Å². The number of hydrogen-bond donors (Lipinski definition) is 2. The van der Waals surface area contributed by atoms with Crippen molar-refractivity contribution < 1.29 is 9.59 Å². The van der Waals surface area contributed by atoms with Crippen LogP contribution in [-0.2, 0) is 11.2 Å². The number of anilines is 2. The fourth-order valence-corrected chi connectivity index (χ4v) is 3.63. The van der Waals surface area contributed by atoms with Crippen LogP contribution in [0.25, 0.3) is 10.4 Å². The quantitative estimate of drug-likeness (QED) is 0.508. The minimum atomic E-state index is -0.322. The molecule has 3 aromatic rings. The Morgan fingerprint density at radius 2 is 1.76 bits per heavy atom. The third-order valence-corrected chi connectivity index (χ3v) is 5.72. The largest absolute Gasteiger partial charge is 0.397 e. The molecule has 1 heterocycles. The first-order valence-corrected chi connectivity index (χ1v) is 10.5. The van der Waals surface area contributed by atoms with Gasteiger partial charge in [-0.15, -0.1) is 11.3 Å². The lowest BCUT2D eigenvalue weighted by atomic mass is 9.87. The Labute approximate surface area is 175 Å². The van der Waals surface area contributed by atoms with E-state index in [2.05, 4.69) is 5.32 Å². The van der Waals surface area contributed by atoms with Crippen LogP contribution >= 0.6 is 11.3 Å². The Bertz CT molecular complexity index is 1000. The summed E-state index contributed by atoms with van der Waals surface area (Å²) in [5.74, 6) is 0.0257. The normalized spacial score (nSPS) is 11.3. The molecule has 0 aliphatic carbocycles. The molecule has 5 heteroatoms. The lowest BCUT2D eigenvalue weighted by molar-refractivity contribution is -0.126. The molecule has 1 aromatic heterocycles. The average molecular weight is 407 g/mol. The lowest BCUT2D eigenvalue weighted by Crippen LogP contribution is -2.20. The zero-order chi connectivity index (χ0) is 21.0. The van der Waals surface area contributed by atoms with Crippen LogP contribution in [-0.4, -0.2) is 11.7 Å². The van der Waals surface area contributed by atoms with Crippen LogP contribution in [0.4, 0.5) is 11.4 Å². The summed E-state index contributed by atoms with van der Waals surface area (Å²) < 4.78 is 0. The smallest absolute Gasteiger partial charge is 0.255 e. The van der Waals surface area contributed by atoms with Gasteiger partial charge in [-0.05, 0) is 53.3 Å². The van der Waals surface area contributed by atoms with Crippen molar-refractivity contribution in [2.24, 2.45) is 5.41 Å². The summed E-state index contributed by atoms with van der Waals surface area (Å²) in [6.45, 7) is 5.80. The summed E-state index contributed by atoms with van der Waals surface area (Å²) in [4.78, 5) is 25.9. The highest BCUT2D eigenvalue weighted by Gasteiger charge is 2.20. The maximum atomic E-state index is 12.7. The minimum absolute atomic E-state index is 0.211. The fourth-order valence-electron chi connectivity index (χ4n) is 2.91. The van der Waals surface area contributed by atoms with Crippen LogP contribution < -0.4 is 11.1 Å². The number of benzene rings is 2.